The Hall–Kier alpha value is -3.98. The standard InChI is InChI=1S/C29H22N2O/c1-29(2,22-10-4-3-5-11-22)27-15-14-26-28(31-27)23-16-20(12-13-25(23)32-26)24-17-19-8-6-7-9-21(19)18-30-24/h3-18H,1-2H3. The molecule has 0 aliphatic carbocycles. The van der Waals surface area contributed by atoms with Gasteiger partial charge in [0.1, 0.15) is 11.1 Å². The normalized spacial score (nSPS) is 12.1. The van der Waals surface area contributed by atoms with E-state index in [1.165, 1.54) is 10.9 Å². The van der Waals surface area contributed by atoms with Crippen LogP contribution in [0.5, 0.6) is 0 Å². The molecule has 3 nitrogen and oxygen atoms in total. The molecule has 3 aromatic heterocycles. The number of pyridine rings is 2. The van der Waals surface area contributed by atoms with E-state index >= 15 is 0 Å². The Balaban J connectivity index is 1.51. The highest BCUT2D eigenvalue weighted by Gasteiger charge is 2.25. The van der Waals surface area contributed by atoms with Gasteiger partial charge in [-0.05, 0) is 47.3 Å². The first-order valence-electron chi connectivity index (χ1n) is 10.8. The van der Waals surface area contributed by atoms with Crippen LogP contribution < -0.4 is 0 Å². The van der Waals surface area contributed by atoms with Crippen LogP contribution in [0.2, 0.25) is 0 Å². The number of rotatable bonds is 3. The van der Waals surface area contributed by atoms with Gasteiger partial charge in [-0.3, -0.25) is 4.98 Å². The number of furan rings is 1. The summed E-state index contributed by atoms with van der Waals surface area (Å²) in [5, 5.41) is 3.33. The Bertz CT molecular complexity index is 1600. The third kappa shape index (κ3) is 2.97. The molecule has 6 rings (SSSR count). The van der Waals surface area contributed by atoms with E-state index in [9.17, 15) is 0 Å². The minimum atomic E-state index is -0.212. The first-order chi connectivity index (χ1) is 15.6. The average molecular weight is 415 g/mol. The third-order valence-corrected chi connectivity index (χ3v) is 6.38. The third-order valence-electron chi connectivity index (χ3n) is 6.38. The van der Waals surface area contributed by atoms with Gasteiger partial charge < -0.3 is 4.42 Å². The molecule has 32 heavy (non-hydrogen) atoms. The Morgan fingerprint density at radius 3 is 2.31 bits per heavy atom. The highest BCUT2D eigenvalue weighted by atomic mass is 16.3. The van der Waals surface area contributed by atoms with E-state index in [0.29, 0.717) is 0 Å². The van der Waals surface area contributed by atoms with Gasteiger partial charge in [-0.25, -0.2) is 4.98 Å². The fraction of sp³-hybridized carbons (Fsp3) is 0.103. The molecule has 0 saturated carbocycles. The topological polar surface area (TPSA) is 38.9 Å². The van der Waals surface area contributed by atoms with Gasteiger partial charge in [0.2, 0.25) is 0 Å². The quantitative estimate of drug-likeness (QED) is 0.300. The number of hydrogen-bond acceptors (Lipinski definition) is 3. The van der Waals surface area contributed by atoms with Crippen molar-refractivity contribution in [2.24, 2.45) is 0 Å². The fourth-order valence-corrected chi connectivity index (χ4v) is 4.40. The summed E-state index contributed by atoms with van der Waals surface area (Å²) in [5.74, 6) is 0. The molecule has 0 N–H and O–H groups in total. The lowest BCUT2D eigenvalue weighted by Gasteiger charge is -2.24. The molecule has 3 heterocycles. The van der Waals surface area contributed by atoms with Gasteiger partial charge in [0.05, 0.1) is 11.4 Å². The molecule has 0 spiro atoms. The van der Waals surface area contributed by atoms with Crippen molar-refractivity contribution in [2.45, 2.75) is 19.3 Å². The monoisotopic (exact) mass is 414 g/mol. The minimum absolute atomic E-state index is 0.212. The highest BCUT2D eigenvalue weighted by Crippen LogP contribution is 2.35. The van der Waals surface area contributed by atoms with Crippen LogP contribution in [-0.2, 0) is 5.41 Å². The number of nitrogens with zero attached hydrogens (tertiary/aromatic N) is 2. The maximum Gasteiger partial charge on any atom is 0.153 e. The van der Waals surface area contributed by atoms with Gasteiger partial charge in [-0.1, -0.05) is 68.4 Å². The number of fused-ring (bicyclic) bond motifs is 4. The van der Waals surface area contributed by atoms with Crippen molar-refractivity contribution >= 4 is 32.8 Å². The molecule has 0 bridgehead atoms. The molecule has 0 amide bonds. The molecule has 154 valence electrons. The fourth-order valence-electron chi connectivity index (χ4n) is 4.40. The minimum Gasteiger partial charge on any atom is -0.454 e. The summed E-state index contributed by atoms with van der Waals surface area (Å²) in [6.07, 6.45) is 1.93. The molecule has 3 heteroatoms. The van der Waals surface area contributed by atoms with Gasteiger partial charge in [0, 0.05) is 27.9 Å². The average Bonchev–Trinajstić information content (AvgIpc) is 3.21. The van der Waals surface area contributed by atoms with Crippen molar-refractivity contribution in [3.63, 3.8) is 0 Å². The Kier molecular flexibility index (Phi) is 4.12. The number of hydrogen-bond donors (Lipinski definition) is 0. The summed E-state index contributed by atoms with van der Waals surface area (Å²) in [6.45, 7) is 4.42. The predicted octanol–water partition coefficient (Wildman–Crippen LogP) is 7.52. The Labute approximate surface area is 186 Å². The van der Waals surface area contributed by atoms with E-state index in [2.05, 4.69) is 80.6 Å². The van der Waals surface area contributed by atoms with E-state index in [4.69, 9.17) is 14.4 Å². The van der Waals surface area contributed by atoms with Crippen LogP contribution in [0.25, 0.3) is 44.1 Å². The van der Waals surface area contributed by atoms with E-state index in [1.807, 2.05) is 30.5 Å². The molecule has 0 radical (unpaired) electrons. The molecule has 6 aromatic rings. The predicted molar refractivity (Wildman–Crippen MR) is 131 cm³/mol. The van der Waals surface area contributed by atoms with Crippen LogP contribution >= 0.6 is 0 Å². The molecular formula is C29H22N2O. The zero-order valence-electron chi connectivity index (χ0n) is 18.0. The smallest absolute Gasteiger partial charge is 0.153 e. The van der Waals surface area contributed by atoms with Gasteiger partial charge in [-0.15, -0.1) is 0 Å². The summed E-state index contributed by atoms with van der Waals surface area (Å²) >= 11 is 0. The zero-order chi connectivity index (χ0) is 21.7. The lowest BCUT2D eigenvalue weighted by molar-refractivity contribution is 0.617. The summed E-state index contributed by atoms with van der Waals surface area (Å²) < 4.78 is 6.10. The van der Waals surface area contributed by atoms with Crippen LogP contribution in [0.15, 0.2) is 102 Å². The second-order valence-electron chi connectivity index (χ2n) is 8.76. The number of benzene rings is 3. The van der Waals surface area contributed by atoms with Crippen LogP contribution in [0.4, 0.5) is 0 Å². The maximum absolute atomic E-state index is 6.10. The lowest BCUT2D eigenvalue weighted by atomic mass is 9.81. The first kappa shape index (κ1) is 18.8. The van der Waals surface area contributed by atoms with Crippen molar-refractivity contribution in [3.05, 3.63) is 108 Å². The second-order valence-corrected chi connectivity index (χ2v) is 8.76. The van der Waals surface area contributed by atoms with Crippen molar-refractivity contribution < 1.29 is 4.42 Å². The summed E-state index contributed by atoms with van der Waals surface area (Å²) in [4.78, 5) is 9.78. The molecule has 0 aliphatic heterocycles. The molecule has 0 unspecified atom stereocenters. The van der Waals surface area contributed by atoms with E-state index < -0.39 is 0 Å². The molecular weight excluding hydrogens is 392 g/mol. The summed E-state index contributed by atoms with van der Waals surface area (Å²) in [5.41, 5.74) is 6.58. The summed E-state index contributed by atoms with van der Waals surface area (Å²) in [7, 11) is 0. The maximum atomic E-state index is 6.10. The van der Waals surface area contributed by atoms with Gasteiger partial charge in [-0.2, -0.15) is 0 Å². The van der Waals surface area contributed by atoms with E-state index in [-0.39, 0.29) is 5.41 Å². The van der Waals surface area contributed by atoms with Gasteiger partial charge >= 0.3 is 0 Å². The van der Waals surface area contributed by atoms with Crippen LogP contribution in [0.1, 0.15) is 25.1 Å². The largest absolute Gasteiger partial charge is 0.454 e. The van der Waals surface area contributed by atoms with Crippen molar-refractivity contribution in [1.29, 1.82) is 0 Å². The molecule has 0 aliphatic rings. The van der Waals surface area contributed by atoms with Crippen LogP contribution in [0.3, 0.4) is 0 Å². The van der Waals surface area contributed by atoms with Crippen LogP contribution in [-0.4, -0.2) is 9.97 Å². The molecule has 0 saturated heterocycles. The first-order valence-corrected chi connectivity index (χ1v) is 10.8. The molecule has 0 atom stereocenters. The summed E-state index contributed by atoms with van der Waals surface area (Å²) in [6, 6.07) is 31.3. The number of aromatic nitrogens is 2. The SMILES string of the molecule is CC(C)(c1ccccc1)c1ccc2oc3ccc(-c4cc5ccccc5cn4)cc3c2n1. The lowest BCUT2D eigenvalue weighted by Crippen LogP contribution is -2.20. The van der Waals surface area contributed by atoms with Crippen LogP contribution in [0, 0.1) is 0 Å². The Morgan fingerprint density at radius 2 is 1.47 bits per heavy atom. The van der Waals surface area contributed by atoms with E-state index in [1.54, 1.807) is 0 Å². The molecule has 0 fully saturated rings. The van der Waals surface area contributed by atoms with Gasteiger partial charge in [0.25, 0.3) is 0 Å². The van der Waals surface area contributed by atoms with Crippen molar-refractivity contribution in [2.75, 3.05) is 0 Å². The zero-order valence-corrected chi connectivity index (χ0v) is 18.0. The Morgan fingerprint density at radius 1 is 0.719 bits per heavy atom. The highest BCUT2D eigenvalue weighted by molar-refractivity contribution is 6.04. The van der Waals surface area contributed by atoms with E-state index in [0.717, 1.165) is 44.4 Å². The van der Waals surface area contributed by atoms with Gasteiger partial charge in [0.15, 0.2) is 5.58 Å². The van der Waals surface area contributed by atoms with Crippen molar-refractivity contribution in [1.82, 2.24) is 9.97 Å². The molecule has 3 aromatic carbocycles. The second kappa shape index (κ2) is 7.03. The van der Waals surface area contributed by atoms with Crippen molar-refractivity contribution in [3.8, 4) is 11.3 Å².